The van der Waals surface area contributed by atoms with Crippen LogP contribution in [0.1, 0.15) is 30.6 Å². The molecule has 6 nitrogen and oxygen atoms in total. The molecule has 2 heterocycles. The number of amides is 1. The summed E-state index contributed by atoms with van der Waals surface area (Å²) in [5.74, 6) is -0.0345. The zero-order valence-corrected chi connectivity index (χ0v) is 13.3. The van der Waals surface area contributed by atoms with Crippen molar-refractivity contribution in [3.05, 3.63) is 34.9 Å². The number of carbonyl (C=O) groups is 1. The first-order valence-corrected chi connectivity index (χ1v) is 7.33. The molecule has 1 N–H and O–H groups in total. The monoisotopic (exact) mass is 309 g/mol. The van der Waals surface area contributed by atoms with E-state index in [0.717, 1.165) is 24.2 Å². The summed E-state index contributed by atoms with van der Waals surface area (Å²) in [6.07, 6.45) is 6.20. The summed E-state index contributed by atoms with van der Waals surface area (Å²) in [4.78, 5) is 12.0. The number of carbonyl (C=O) groups excluding carboxylic acids is 1. The SMILES string of the molecule is Cc1cnn(C(C)C(=O)NCCCn2cc(Cl)c(C)n2)c1. The fraction of sp³-hybridized carbons (Fsp3) is 0.500. The minimum absolute atomic E-state index is 0.0345. The van der Waals surface area contributed by atoms with Gasteiger partial charge in [0.1, 0.15) is 6.04 Å². The lowest BCUT2D eigenvalue weighted by Crippen LogP contribution is -2.32. The number of halogens is 1. The van der Waals surface area contributed by atoms with Crippen molar-refractivity contribution in [3.8, 4) is 0 Å². The zero-order chi connectivity index (χ0) is 15.4. The standard InChI is InChI=1S/C14H20ClN5O/c1-10-7-17-20(8-10)12(3)14(21)16-5-4-6-19-9-13(15)11(2)18-19/h7-9,12H,4-6H2,1-3H3,(H,16,21). The molecule has 114 valence electrons. The smallest absolute Gasteiger partial charge is 0.244 e. The molecule has 0 aromatic carbocycles. The van der Waals surface area contributed by atoms with Crippen LogP contribution in [0.2, 0.25) is 5.02 Å². The molecule has 7 heteroatoms. The molecule has 1 atom stereocenters. The Hall–Kier alpha value is -1.82. The Labute approximate surface area is 129 Å². The maximum Gasteiger partial charge on any atom is 0.244 e. The average molecular weight is 310 g/mol. The maximum atomic E-state index is 12.0. The number of hydrogen-bond donors (Lipinski definition) is 1. The van der Waals surface area contributed by atoms with Gasteiger partial charge in [-0.05, 0) is 32.8 Å². The molecule has 2 rings (SSSR count). The van der Waals surface area contributed by atoms with Gasteiger partial charge in [-0.15, -0.1) is 0 Å². The molecule has 21 heavy (non-hydrogen) atoms. The van der Waals surface area contributed by atoms with Crippen LogP contribution in [0, 0.1) is 13.8 Å². The van der Waals surface area contributed by atoms with Gasteiger partial charge in [-0.2, -0.15) is 10.2 Å². The number of hydrogen-bond acceptors (Lipinski definition) is 3. The Morgan fingerprint density at radius 3 is 2.76 bits per heavy atom. The van der Waals surface area contributed by atoms with E-state index in [0.29, 0.717) is 11.6 Å². The molecule has 0 aliphatic rings. The highest BCUT2D eigenvalue weighted by Crippen LogP contribution is 2.12. The Bertz CT molecular complexity index is 599. The fourth-order valence-corrected chi connectivity index (χ4v) is 2.12. The number of aromatic nitrogens is 4. The van der Waals surface area contributed by atoms with Crippen molar-refractivity contribution in [2.24, 2.45) is 0 Å². The third-order valence-electron chi connectivity index (χ3n) is 3.26. The van der Waals surface area contributed by atoms with E-state index in [1.54, 1.807) is 21.8 Å². The van der Waals surface area contributed by atoms with Gasteiger partial charge in [0.05, 0.1) is 16.9 Å². The van der Waals surface area contributed by atoms with Gasteiger partial charge in [-0.25, -0.2) is 0 Å². The van der Waals surface area contributed by atoms with Gasteiger partial charge >= 0.3 is 0 Å². The molecule has 0 aliphatic carbocycles. The molecule has 0 saturated heterocycles. The van der Waals surface area contributed by atoms with Gasteiger partial charge in [0.25, 0.3) is 0 Å². The lowest BCUT2D eigenvalue weighted by Gasteiger charge is -2.12. The van der Waals surface area contributed by atoms with E-state index in [1.807, 2.05) is 27.0 Å². The zero-order valence-electron chi connectivity index (χ0n) is 12.5. The van der Waals surface area contributed by atoms with Crippen LogP contribution in [0.3, 0.4) is 0 Å². The maximum absolute atomic E-state index is 12.0. The molecule has 0 bridgehead atoms. The van der Waals surface area contributed by atoms with E-state index >= 15 is 0 Å². The van der Waals surface area contributed by atoms with Crippen molar-refractivity contribution in [1.82, 2.24) is 24.9 Å². The molecule has 0 fully saturated rings. The highest BCUT2D eigenvalue weighted by Gasteiger charge is 2.14. The summed E-state index contributed by atoms with van der Waals surface area (Å²) in [7, 11) is 0. The lowest BCUT2D eigenvalue weighted by atomic mass is 10.3. The number of rotatable bonds is 6. The van der Waals surface area contributed by atoms with E-state index in [9.17, 15) is 4.79 Å². The molecular weight excluding hydrogens is 290 g/mol. The van der Waals surface area contributed by atoms with Gasteiger partial charge in [-0.1, -0.05) is 11.6 Å². The topological polar surface area (TPSA) is 64.7 Å². The molecule has 0 radical (unpaired) electrons. The minimum atomic E-state index is -0.305. The van der Waals surface area contributed by atoms with Gasteiger partial charge in [0.2, 0.25) is 5.91 Å². The Balaban J connectivity index is 1.74. The summed E-state index contributed by atoms with van der Waals surface area (Å²) in [5, 5.41) is 12.0. The van der Waals surface area contributed by atoms with Crippen molar-refractivity contribution in [1.29, 1.82) is 0 Å². The van der Waals surface area contributed by atoms with E-state index in [4.69, 9.17) is 11.6 Å². The number of nitrogens with one attached hydrogen (secondary N) is 1. The first kappa shape index (κ1) is 15.6. The first-order valence-electron chi connectivity index (χ1n) is 6.95. The van der Waals surface area contributed by atoms with Crippen molar-refractivity contribution in [2.75, 3.05) is 6.54 Å². The first-order chi connectivity index (χ1) is 9.97. The number of nitrogens with zero attached hydrogens (tertiary/aromatic N) is 4. The molecule has 0 spiro atoms. The van der Waals surface area contributed by atoms with Crippen LogP contribution in [-0.2, 0) is 11.3 Å². The van der Waals surface area contributed by atoms with Crippen LogP contribution in [-0.4, -0.2) is 32.0 Å². The Kier molecular flexibility index (Phi) is 5.01. The van der Waals surface area contributed by atoms with Gasteiger partial charge in [0.15, 0.2) is 0 Å². The quantitative estimate of drug-likeness (QED) is 0.831. The predicted octanol–water partition coefficient (Wildman–Crippen LogP) is 2.12. The van der Waals surface area contributed by atoms with Crippen molar-refractivity contribution in [2.45, 2.75) is 39.8 Å². The van der Waals surface area contributed by atoms with E-state index in [2.05, 4.69) is 15.5 Å². The summed E-state index contributed by atoms with van der Waals surface area (Å²) < 4.78 is 3.46. The molecule has 0 aliphatic heterocycles. The minimum Gasteiger partial charge on any atom is -0.354 e. The van der Waals surface area contributed by atoms with E-state index < -0.39 is 0 Å². The van der Waals surface area contributed by atoms with Gasteiger partial charge in [0, 0.05) is 25.5 Å². The largest absolute Gasteiger partial charge is 0.354 e. The highest BCUT2D eigenvalue weighted by molar-refractivity contribution is 6.31. The Morgan fingerprint density at radius 2 is 2.19 bits per heavy atom. The van der Waals surface area contributed by atoms with Crippen LogP contribution in [0.5, 0.6) is 0 Å². The highest BCUT2D eigenvalue weighted by atomic mass is 35.5. The molecular formula is C14H20ClN5O. The summed E-state index contributed by atoms with van der Waals surface area (Å²) in [5.41, 5.74) is 1.86. The molecule has 2 aromatic heterocycles. The van der Waals surface area contributed by atoms with Crippen LogP contribution in [0.4, 0.5) is 0 Å². The van der Waals surface area contributed by atoms with Crippen LogP contribution >= 0.6 is 11.6 Å². The third kappa shape index (κ3) is 4.07. The van der Waals surface area contributed by atoms with Gasteiger partial charge < -0.3 is 5.32 Å². The summed E-state index contributed by atoms with van der Waals surface area (Å²) in [6.45, 7) is 6.97. The molecule has 0 saturated carbocycles. The van der Waals surface area contributed by atoms with E-state index in [-0.39, 0.29) is 11.9 Å². The molecule has 1 amide bonds. The van der Waals surface area contributed by atoms with Crippen molar-refractivity contribution >= 4 is 17.5 Å². The van der Waals surface area contributed by atoms with E-state index in [1.165, 1.54) is 0 Å². The summed E-state index contributed by atoms with van der Waals surface area (Å²) in [6, 6.07) is -0.305. The predicted molar refractivity (Wildman–Crippen MR) is 81.3 cm³/mol. The fourth-order valence-electron chi connectivity index (χ4n) is 1.97. The Morgan fingerprint density at radius 1 is 1.43 bits per heavy atom. The van der Waals surface area contributed by atoms with Crippen LogP contribution in [0.25, 0.3) is 0 Å². The summed E-state index contributed by atoms with van der Waals surface area (Å²) >= 11 is 5.94. The second kappa shape index (κ2) is 6.76. The second-order valence-electron chi connectivity index (χ2n) is 5.14. The van der Waals surface area contributed by atoms with Crippen LogP contribution in [0.15, 0.2) is 18.6 Å². The van der Waals surface area contributed by atoms with Crippen molar-refractivity contribution in [3.63, 3.8) is 0 Å². The lowest BCUT2D eigenvalue weighted by molar-refractivity contribution is -0.124. The average Bonchev–Trinajstić information content (AvgIpc) is 3.00. The van der Waals surface area contributed by atoms with Crippen molar-refractivity contribution < 1.29 is 4.79 Å². The second-order valence-corrected chi connectivity index (χ2v) is 5.55. The van der Waals surface area contributed by atoms with Crippen LogP contribution < -0.4 is 5.32 Å². The molecule has 1 unspecified atom stereocenters. The van der Waals surface area contributed by atoms with Gasteiger partial charge in [-0.3, -0.25) is 14.2 Å². The normalized spacial score (nSPS) is 12.4. The third-order valence-corrected chi connectivity index (χ3v) is 3.63. The number of aryl methyl sites for hydroxylation is 3. The molecule has 2 aromatic rings.